The van der Waals surface area contributed by atoms with Crippen LogP contribution >= 0.6 is 23.1 Å². The minimum absolute atomic E-state index is 0.0224. The van der Waals surface area contributed by atoms with E-state index in [-0.39, 0.29) is 34.5 Å². The molecule has 3 N–H and O–H groups in total. The summed E-state index contributed by atoms with van der Waals surface area (Å²) in [4.78, 5) is 26.2. The van der Waals surface area contributed by atoms with Gasteiger partial charge in [-0.2, -0.15) is 0 Å². The van der Waals surface area contributed by atoms with Crippen molar-refractivity contribution in [2.75, 3.05) is 10.7 Å². The van der Waals surface area contributed by atoms with Gasteiger partial charge in [0.1, 0.15) is 0 Å². The van der Waals surface area contributed by atoms with E-state index in [1.54, 1.807) is 24.0 Å². The number of benzene rings is 1. The highest BCUT2D eigenvalue weighted by Crippen LogP contribution is 2.36. The Kier molecular flexibility index (Phi) is 7.11. The van der Waals surface area contributed by atoms with E-state index in [1.807, 2.05) is 6.92 Å². The summed E-state index contributed by atoms with van der Waals surface area (Å²) in [5.74, 6) is -0.00646. The average Bonchev–Trinajstić information content (AvgIpc) is 3.43. The fourth-order valence-electron chi connectivity index (χ4n) is 2.77. The minimum Gasteiger partial charge on any atom is -0.349 e. The monoisotopic (exact) mass is 469 g/mol. The zero-order valence-electron chi connectivity index (χ0n) is 16.6. The molecular formula is C18H23N5O4S3. The van der Waals surface area contributed by atoms with Crippen molar-refractivity contribution in [3.8, 4) is 0 Å². The maximum Gasteiger partial charge on any atom is 0.238 e. The van der Waals surface area contributed by atoms with E-state index in [0.717, 1.165) is 18.4 Å². The van der Waals surface area contributed by atoms with Gasteiger partial charge in [0.05, 0.1) is 16.7 Å². The predicted molar refractivity (Wildman–Crippen MR) is 116 cm³/mol. The molecule has 162 valence electrons. The average molecular weight is 470 g/mol. The zero-order valence-corrected chi connectivity index (χ0v) is 19.0. The van der Waals surface area contributed by atoms with E-state index < -0.39 is 10.0 Å². The van der Waals surface area contributed by atoms with Crippen LogP contribution in [-0.4, -0.2) is 42.2 Å². The summed E-state index contributed by atoms with van der Waals surface area (Å²) in [5.41, 5.74) is 0.761. The van der Waals surface area contributed by atoms with Crippen molar-refractivity contribution in [1.82, 2.24) is 15.5 Å². The number of nitrogens with one attached hydrogen (secondary N) is 1. The highest BCUT2D eigenvalue weighted by atomic mass is 32.2. The Morgan fingerprint density at radius 1 is 1.30 bits per heavy atom. The lowest BCUT2D eigenvalue weighted by atomic mass is 10.1. The number of hydrogen-bond donors (Lipinski definition) is 2. The van der Waals surface area contributed by atoms with E-state index in [4.69, 9.17) is 5.14 Å². The molecule has 1 aromatic carbocycles. The summed E-state index contributed by atoms with van der Waals surface area (Å²) in [5, 5.41) is 16.7. The SMILES string of the molecule is CCC(=O)N(c1nnc(SCC(=O)N[C@H](C)c2ccc(S(N)(=O)=O)cc2)s1)C1CC1. The number of nitrogens with zero attached hydrogens (tertiary/aromatic N) is 3. The summed E-state index contributed by atoms with van der Waals surface area (Å²) >= 11 is 2.57. The second kappa shape index (κ2) is 9.41. The molecule has 1 saturated carbocycles. The van der Waals surface area contributed by atoms with Gasteiger partial charge in [0.15, 0.2) is 4.34 Å². The van der Waals surface area contributed by atoms with Crippen LogP contribution in [0.25, 0.3) is 0 Å². The zero-order chi connectivity index (χ0) is 21.9. The Balaban J connectivity index is 1.53. The summed E-state index contributed by atoms with van der Waals surface area (Å²) in [6, 6.07) is 5.97. The minimum atomic E-state index is -3.75. The molecule has 1 atom stereocenters. The van der Waals surface area contributed by atoms with Crippen molar-refractivity contribution < 1.29 is 18.0 Å². The summed E-state index contributed by atoms with van der Waals surface area (Å²) in [6.07, 6.45) is 2.37. The van der Waals surface area contributed by atoms with Crippen LogP contribution in [0.4, 0.5) is 5.13 Å². The predicted octanol–water partition coefficient (Wildman–Crippen LogP) is 2.06. The van der Waals surface area contributed by atoms with Gasteiger partial charge in [-0.3, -0.25) is 14.5 Å². The first-order valence-electron chi connectivity index (χ1n) is 9.39. The lowest BCUT2D eigenvalue weighted by Gasteiger charge is -2.17. The van der Waals surface area contributed by atoms with Crippen LogP contribution in [0.2, 0.25) is 0 Å². The molecule has 9 nitrogen and oxygen atoms in total. The quantitative estimate of drug-likeness (QED) is 0.424. The van der Waals surface area contributed by atoms with Gasteiger partial charge < -0.3 is 5.32 Å². The number of hydrogen-bond acceptors (Lipinski definition) is 8. The maximum absolute atomic E-state index is 12.3. The fourth-order valence-corrected chi connectivity index (χ4v) is 5.02. The number of aromatic nitrogens is 2. The Labute approximate surface area is 183 Å². The van der Waals surface area contributed by atoms with Crippen LogP contribution in [0.15, 0.2) is 33.5 Å². The van der Waals surface area contributed by atoms with Gasteiger partial charge in [0.25, 0.3) is 0 Å². The van der Waals surface area contributed by atoms with E-state index in [0.29, 0.717) is 15.9 Å². The molecule has 0 bridgehead atoms. The Bertz CT molecular complexity index is 1020. The van der Waals surface area contributed by atoms with E-state index in [1.165, 1.54) is 35.2 Å². The van der Waals surface area contributed by atoms with Crippen LogP contribution in [0.5, 0.6) is 0 Å². The maximum atomic E-state index is 12.3. The third kappa shape index (κ3) is 5.78. The van der Waals surface area contributed by atoms with E-state index in [2.05, 4.69) is 15.5 Å². The molecule has 1 fully saturated rings. The number of sulfonamides is 1. The van der Waals surface area contributed by atoms with Gasteiger partial charge in [-0.15, -0.1) is 10.2 Å². The molecule has 1 aromatic heterocycles. The largest absolute Gasteiger partial charge is 0.349 e. The second-order valence-electron chi connectivity index (χ2n) is 6.89. The number of anilines is 1. The van der Waals surface area contributed by atoms with Gasteiger partial charge in [0.2, 0.25) is 27.0 Å². The molecule has 1 heterocycles. The first-order chi connectivity index (χ1) is 14.2. The molecule has 3 rings (SSSR count). The number of carbonyl (C=O) groups excluding carboxylic acids is 2. The standard InChI is InChI=1S/C18H23N5O4S3/c1-3-16(25)23(13-6-7-13)17-21-22-18(29-17)28-10-15(24)20-11(2)12-4-8-14(9-5-12)30(19,26)27/h4-5,8-9,11,13H,3,6-7,10H2,1-2H3,(H,20,24)(H2,19,26,27)/t11-/m1/s1. The number of primary sulfonamides is 1. The molecule has 0 unspecified atom stereocenters. The van der Waals surface area contributed by atoms with Crippen molar-refractivity contribution in [3.63, 3.8) is 0 Å². The van der Waals surface area contributed by atoms with Gasteiger partial charge in [-0.25, -0.2) is 13.6 Å². The number of thioether (sulfide) groups is 1. The van der Waals surface area contributed by atoms with Crippen molar-refractivity contribution >= 4 is 50.1 Å². The lowest BCUT2D eigenvalue weighted by molar-refractivity contribution is -0.119. The molecule has 1 aliphatic rings. The van der Waals surface area contributed by atoms with Gasteiger partial charge in [-0.05, 0) is 37.5 Å². The van der Waals surface area contributed by atoms with Gasteiger partial charge in [0, 0.05) is 12.5 Å². The van der Waals surface area contributed by atoms with Crippen LogP contribution in [-0.2, 0) is 19.6 Å². The molecule has 0 spiro atoms. The van der Waals surface area contributed by atoms with Crippen molar-refractivity contribution in [1.29, 1.82) is 0 Å². The Morgan fingerprint density at radius 3 is 2.53 bits per heavy atom. The molecule has 0 aliphatic heterocycles. The molecule has 1 aliphatic carbocycles. The molecule has 0 radical (unpaired) electrons. The number of nitrogens with two attached hydrogens (primary N) is 1. The van der Waals surface area contributed by atoms with Crippen molar-refractivity contribution in [3.05, 3.63) is 29.8 Å². The Hall–Kier alpha value is -2.02. The number of rotatable bonds is 9. The lowest BCUT2D eigenvalue weighted by Crippen LogP contribution is -2.32. The third-order valence-corrected chi connectivity index (χ3v) is 7.48. The molecule has 30 heavy (non-hydrogen) atoms. The van der Waals surface area contributed by atoms with Crippen molar-refractivity contribution in [2.45, 2.75) is 54.4 Å². The second-order valence-corrected chi connectivity index (χ2v) is 10.6. The van der Waals surface area contributed by atoms with Gasteiger partial charge in [-0.1, -0.05) is 42.2 Å². The number of amides is 2. The third-order valence-electron chi connectivity index (χ3n) is 4.50. The van der Waals surface area contributed by atoms with Crippen molar-refractivity contribution in [2.24, 2.45) is 5.14 Å². The summed E-state index contributed by atoms with van der Waals surface area (Å²) in [7, 11) is -3.75. The fraction of sp³-hybridized carbons (Fsp3) is 0.444. The molecule has 2 amide bonds. The van der Waals surface area contributed by atoms with Gasteiger partial charge >= 0.3 is 0 Å². The smallest absolute Gasteiger partial charge is 0.238 e. The highest BCUT2D eigenvalue weighted by molar-refractivity contribution is 8.01. The van der Waals surface area contributed by atoms with E-state index >= 15 is 0 Å². The molecular weight excluding hydrogens is 446 g/mol. The topological polar surface area (TPSA) is 135 Å². The highest BCUT2D eigenvalue weighted by Gasteiger charge is 2.35. The molecule has 2 aromatic rings. The van der Waals surface area contributed by atoms with Crippen LogP contribution in [0, 0.1) is 0 Å². The van der Waals surface area contributed by atoms with Crippen LogP contribution < -0.4 is 15.4 Å². The normalized spacial score (nSPS) is 14.9. The first-order valence-corrected chi connectivity index (χ1v) is 12.7. The van der Waals surface area contributed by atoms with E-state index in [9.17, 15) is 18.0 Å². The molecule has 0 saturated heterocycles. The first kappa shape index (κ1) is 22.7. The number of carbonyl (C=O) groups is 2. The van der Waals surface area contributed by atoms with Crippen LogP contribution in [0.1, 0.15) is 44.7 Å². The molecule has 12 heteroatoms. The van der Waals surface area contributed by atoms with Crippen LogP contribution in [0.3, 0.4) is 0 Å². The summed E-state index contributed by atoms with van der Waals surface area (Å²) in [6.45, 7) is 3.63. The summed E-state index contributed by atoms with van der Waals surface area (Å²) < 4.78 is 23.3. The Morgan fingerprint density at radius 2 is 1.97 bits per heavy atom.